The molecule has 0 aliphatic carbocycles. The van der Waals surface area contributed by atoms with Gasteiger partial charge in [0.25, 0.3) is 5.91 Å². The van der Waals surface area contributed by atoms with Crippen LogP contribution in [0.25, 0.3) is 0 Å². The number of piperidine rings is 1. The van der Waals surface area contributed by atoms with Crippen molar-refractivity contribution in [2.24, 2.45) is 5.92 Å². The van der Waals surface area contributed by atoms with E-state index >= 15 is 0 Å². The summed E-state index contributed by atoms with van der Waals surface area (Å²) in [5.41, 5.74) is 2.51. The summed E-state index contributed by atoms with van der Waals surface area (Å²) >= 11 is 1.40. The highest BCUT2D eigenvalue weighted by molar-refractivity contribution is 7.11. The molecule has 1 aromatic heterocycles. The summed E-state index contributed by atoms with van der Waals surface area (Å²) in [6, 6.07) is 0. The van der Waals surface area contributed by atoms with E-state index in [1.54, 1.807) is 5.51 Å². The van der Waals surface area contributed by atoms with Crippen LogP contribution in [0.5, 0.6) is 0 Å². The third-order valence-corrected chi connectivity index (χ3v) is 3.92. The summed E-state index contributed by atoms with van der Waals surface area (Å²) in [6.45, 7) is 3.50. The first-order valence-corrected chi connectivity index (χ1v) is 6.40. The smallest absolute Gasteiger partial charge is 0.265 e. The normalized spacial score (nSPS) is 21.1. The molecule has 2 rings (SSSR count). The van der Waals surface area contributed by atoms with E-state index in [0.717, 1.165) is 30.0 Å². The van der Waals surface area contributed by atoms with Gasteiger partial charge in [-0.2, -0.15) is 0 Å². The fraction of sp³-hybridized carbons (Fsp3) is 0.636. The van der Waals surface area contributed by atoms with Crippen molar-refractivity contribution in [3.8, 4) is 0 Å². The number of aliphatic hydroxyl groups is 1. The lowest BCUT2D eigenvalue weighted by atomic mass is 9.99. The highest BCUT2D eigenvalue weighted by Crippen LogP contribution is 2.21. The van der Waals surface area contributed by atoms with E-state index in [1.807, 2.05) is 11.8 Å². The Morgan fingerprint density at radius 3 is 3.19 bits per heavy atom. The Balaban J connectivity index is 2.07. The fourth-order valence-electron chi connectivity index (χ4n) is 2.05. The van der Waals surface area contributed by atoms with Crippen LogP contribution < -0.4 is 0 Å². The van der Waals surface area contributed by atoms with E-state index in [2.05, 4.69) is 4.98 Å². The third kappa shape index (κ3) is 2.25. The van der Waals surface area contributed by atoms with Gasteiger partial charge in [0.15, 0.2) is 0 Å². The predicted molar refractivity (Wildman–Crippen MR) is 62.6 cm³/mol. The zero-order valence-electron chi connectivity index (χ0n) is 9.35. The standard InChI is InChI=1S/C11H16N2O2S/c1-8-10(16-7-12-8)11(15)13-4-2-3-9(5-13)6-14/h7,9,14H,2-6H2,1H3/t9-/m0/s1. The molecule has 0 unspecified atom stereocenters. The average Bonchev–Trinajstić information content (AvgIpc) is 2.74. The Kier molecular flexibility index (Phi) is 3.56. The van der Waals surface area contributed by atoms with Gasteiger partial charge in [-0.15, -0.1) is 11.3 Å². The van der Waals surface area contributed by atoms with E-state index in [0.29, 0.717) is 6.54 Å². The Morgan fingerprint density at radius 1 is 1.75 bits per heavy atom. The van der Waals surface area contributed by atoms with Crippen LogP contribution in [0.4, 0.5) is 0 Å². The molecule has 2 heterocycles. The maximum absolute atomic E-state index is 12.2. The maximum atomic E-state index is 12.2. The van der Waals surface area contributed by atoms with Crippen molar-refractivity contribution in [2.75, 3.05) is 19.7 Å². The van der Waals surface area contributed by atoms with Crippen LogP contribution in [-0.4, -0.2) is 40.6 Å². The summed E-state index contributed by atoms with van der Waals surface area (Å²) in [4.78, 5) is 18.8. The molecule has 16 heavy (non-hydrogen) atoms. The zero-order valence-corrected chi connectivity index (χ0v) is 10.2. The quantitative estimate of drug-likeness (QED) is 0.847. The van der Waals surface area contributed by atoms with E-state index in [-0.39, 0.29) is 18.4 Å². The molecular weight excluding hydrogens is 224 g/mol. The van der Waals surface area contributed by atoms with Crippen LogP contribution in [0, 0.1) is 12.8 Å². The molecule has 88 valence electrons. The van der Waals surface area contributed by atoms with Crippen molar-refractivity contribution in [3.63, 3.8) is 0 Å². The summed E-state index contributed by atoms with van der Waals surface area (Å²) < 4.78 is 0. The molecule has 1 atom stereocenters. The van der Waals surface area contributed by atoms with Gasteiger partial charge in [-0.25, -0.2) is 4.98 Å². The summed E-state index contributed by atoms with van der Waals surface area (Å²) in [5.74, 6) is 0.309. The number of aliphatic hydroxyl groups excluding tert-OH is 1. The molecule has 1 aliphatic rings. The van der Waals surface area contributed by atoms with E-state index in [9.17, 15) is 4.79 Å². The average molecular weight is 240 g/mol. The lowest BCUT2D eigenvalue weighted by molar-refractivity contribution is 0.0624. The molecule has 1 amide bonds. The first-order valence-electron chi connectivity index (χ1n) is 5.52. The third-order valence-electron chi connectivity index (χ3n) is 3.00. The minimum atomic E-state index is 0.0677. The first kappa shape index (κ1) is 11.5. The topological polar surface area (TPSA) is 53.4 Å². The number of nitrogens with zero attached hydrogens (tertiary/aromatic N) is 2. The summed E-state index contributed by atoms with van der Waals surface area (Å²) in [6.07, 6.45) is 2.00. The molecule has 0 spiro atoms. The summed E-state index contributed by atoms with van der Waals surface area (Å²) in [5, 5.41) is 9.13. The monoisotopic (exact) mass is 240 g/mol. The van der Waals surface area contributed by atoms with Gasteiger partial charge >= 0.3 is 0 Å². The van der Waals surface area contributed by atoms with Crippen LogP contribution in [0.15, 0.2) is 5.51 Å². The number of carbonyl (C=O) groups is 1. The molecule has 4 nitrogen and oxygen atoms in total. The van der Waals surface area contributed by atoms with Gasteiger partial charge in [-0.3, -0.25) is 4.79 Å². The van der Waals surface area contributed by atoms with Crippen LogP contribution in [0.1, 0.15) is 28.2 Å². The van der Waals surface area contributed by atoms with Gasteiger partial charge in [0.2, 0.25) is 0 Å². The van der Waals surface area contributed by atoms with Gasteiger partial charge in [-0.05, 0) is 25.7 Å². The van der Waals surface area contributed by atoms with Crippen molar-refractivity contribution in [2.45, 2.75) is 19.8 Å². The number of thiazole rings is 1. The molecule has 1 N–H and O–H groups in total. The first-order chi connectivity index (χ1) is 7.72. The molecule has 0 bridgehead atoms. The molecule has 1 aromatic rings. The minimum Gasteiger partial charge on any atom is -0.396 e. The Bertz CT molecular complexity index is 378. The molecule has 5 heteroatoms. The van der Waals surface area contributed by atoms with Gasteiger partial charge in [-0.1, -0.05) is 0 Å². The van der Waals surface area contributed by atoms with E-state index in [4.69, 9.17) is 5.11 Å². The number of aromatic nitrogens is 1. The number of carbonyl (C=O) groups excluding carboxylic acids is 1. The number of hydrogen-bond donors (Lipinski definition) is 1. The number of hydrogen-bond acceptors (Lipinski definition) is 4. The highest BCUT2D eigenvalue weighted by Gasteiger charge is 2.25. The van der Waals surface area contributed by atoms with Gasteiger partial charge < -0.3 is 10.0 Å². The van der Waals surface area contributed by atoms with Crippen molar-refractivity contribution in [3.05, 3.63) is 16.1 Å². The SMILES string of the molecule is Cc1ncsc1C(=O)N1CCC[C@H](CO)C1. The Morgan fingerprint density at radius 2 is 2.56 bits per heavy atom. The molecule has 0 aromatic carbocycles. The largest absolute Gasteiger partial charge is 0.396 e. The molecule has 0 saturated carbocycles. The lowest BCUT2D eigenvalue weighted by Gasteiger charge is -2.31. The van der Waals surface area contributed by atoms with Crippen LogP contribution in [0.2, 0.25) is 0 Å². The van der Waals surface area contributed by atoms with Gasteiger partial charge in [0.1, 0.15) is 4.88 Å². The summed E-state index contributed by atoms with van der Waals surface area (Å²) in [7, 11) is 0. The maximum Gasteiger partial charge on any atom is 0.265 e. The molecule has 1 saturated heterocycles. The van der Waals surface area contributed by atoms with Gasteiger partial charge in [0.05, 0.1) is 11.2 Å². The predicted octanol–water partition coefficient (Wildman–Crippen LogP) is 1.30. The molecule has 1 fully saturated rings. The van der Waals surface area contributed by atoms with E-state index in [1.165, 1.54) is 11.3 Å². The van der Waals surface area contributed by atoms with Crippen molar-refractivity contribution >= 4 is 17.2 Å². The van der Waals surface area contributed by atoms with Crippen molar-refractivity contribution in [1.82, 2.24) is 9.88 Å². The Labute approximate surface area is 98.9 Å². The number of likely N-dealkylation sites (tertiary alicyclic amines) is 1. The fourth-order valence-corrected chi connectivity index (χ4v) is 2.82. The minimum absolute atomic E-state index is 0.0677. The van der Waals surface area contributed by atoms with Gasteiger partial charge in [0, 0.05) is 19.7 Å². The van der Waals surface area contributed by atoms with Crippen LogP contribution >= 0.6 is 11.3 Å². The second-order valence-electron chi connectivity index (χ2n) is 4.21. The van der Waals surface area contributed by atoms with E-state index < -0.39 is 0 Å². The number of rotatable bonds is 2. The second-order valence-corrected chi connectivity index (χ2v) is 5.06. The Hall–Kier alpha value is -0.940. The van der Waals surface area contributed by atoms with Crippen molar-refractivity contribution in [1.29, 1.82) is 0 Å². The lowest BCUT2D eigenvalue weighted by Crippen LogP contribution is -2.40. The molecular formula is C11H16N2O2S. The second kappa shape index (κ2) is 4.93. The highest BCUT2D eigenvalue weighted by atomic mass is 32.1. The molecule has 1 aliphatic heterocycles. The number of amides is 1. The molecule has 0 radical (unpaired) electrons. The van der Waals surface area contributed by atoms with Crippen LogP contribution in [-0.2, 0) is 0 Å². The van der Waals surface area contributed by atoms with Crippen LogP contribution in [0.3, 0.4) is 0 Å². The zero-order chi connectivity index (χ0) is 11.5. The number of aryl methyl sites for hydroxylation is 1. The van der Waals surface area contributed by atoms with Crippen molar-refractivity contribution < 1.29 is 9.90 Å².